The van der Waals surface area contributed by atoms with Gasteiger partial charge in [0, 0.05) is 30.7 Å². The van der Waals surface area contributed by atoms with E-state index in [1.54, 1.807) is 16.8 Å². The molecule has 9 heteroatoms. The molecule has 3 aromatic rings. The second kappa shape index (κ2) is 7.66. The van der Waals surface area contributed by atoms with Gasteiger partial charge >= 0.3 is 0 Å². The number of aromatic nitrogens is 4. The number of para-hydroxylation sites is 1. The monoisotopic (exact) mass is 446 g/mol. The Morgan fingerprint density at radius 1 is 1.04 bits per heavy atom. The third-order valence-corrected chi connectivity index (χ3v) is 5.27. The Morgan fingerprint density at radius 2 is 1.78 bits per heavy atom. The number of hydrogen-bond acceptors (Lipinski definition) is 5. The lowest BCUT2D eigenvalue weighted by molar-refractivity contribution is 0.0746. The molecule has 2 heterocycles. The molecule has 1 aliphatic heterocycles. The van der Waals surface area contributed by atoms with Gasteiger partial charge in [-0.05, 0) is 40.8 Å². The minimum atomic E-state index is -0.0604. The minimum absolute atomic E-state index is 0.0604. The molecular formula is C18H16BrClN6O. The molecule has 0 unspecified atom stereocenters. The van der Waals surface area contributed by atoms with Crippen LogP contribution in [0.25, 0.3) is 5.69 Å². The molecule has 138 valence electrons. The van der Waals surface area contributed by atoms with Crippen LogP contribution in [0.2, 0.25) is 5.02 Å². The normalized spacial score (nSPS) is 14.4. The van der Waals surface area contributed by atoms with Crippen LogP contribution in [0.5, 0.6) is 0 Å². The summed E-state index contributed by atoms with van der Waals surface area (Å²) in [4.78, 5) is 16.7. The molecule has 27 heavy (non-hydrogen) atoms. The number of tetrazole rings is 1. The van der Waals surface area contributed by atoms with Crippen LogP contribution in [0.15, 0.2) is 53.0 Å². The number of hydrogen-bond donors (Lipinski definition) is 0. The summed E-state index contributed by atoms with van der Waals surface area (Å²) in [6.45, 7) is 2.44. The van der Waals surface area contributed by atoms with Crippen LogP contribution in [-0.2, 0) is 0 Å². The molecule has 7 nitrogen and oxygen atoms in total. The summed E-state index contributed by atoms with van der Waals surface area (Å²) >= 11 is 9.58. The standard InChI is InChI=1S/C18H16BrClN6O/c19-13-6-7-15(16(20)12-13)17(27)24-8-10-25(11-9-24)18-21-22-23-26(18)14-4-2-1-3-5-14/h1-7,12H,8-11H2. The van der Waals surface area contributed by atoms with E-state index in [9.17, 15) is 4.79 Å². The number of benzene rings is 2. The van der Waals surface area contributed by atoms with Gasteiger partial charge in [0.05, 0.1) is 16.3 Å². The van der Waals surface area contributed by atoms with Crippen molar-refractivity contribution in [3.05, 3.63) is 63.6 Å². The van der Waals surface area contributed by atoms with E-state index in [1.165, 1.54) is 0 Å². The predicted molar refractivity (Wildman–Crippen MR) is 106 cm³/mol. The van der Waals surface area contributed by atoms with Crippen LogP contribution in [0.1, 0.15) is 10.4 Å². The van der Waals surface area contributed by atoms with Crippen LogP contribution in [0.4, 0.5) is 5.95 Å². The van der Waals surface area contributed by atoms with Crippen LogP contribution in [0.3, 0.4) is 0 Å². The lowest BCUT2D eigenvalue weighted by Gasteiger charge is -2.35. The molecule has 0 N–H and O–H groups in total. The van der Waals surface area contributed by atoms with E-state index in [-0.39, 0.29) is 5.91 Å². The van der Waals surface area contributed by atoms with Crippen molar-refractivity contribution in [3.63, 3.8) is 0 Å². The number of amides is 1. The quantitative estimate of drug-likeness (QED) is 0.617. The van der Waals surface area contributed by atoms with Gasteiger partial charge in [0.15, 0.2) is 0 Å². The van der Waals surface area contributed by atoms with Crippen molar-refractivity contribution in [2.24, 2.45) is 0 Å². The zero-order valence-electron chi connectivity index (χ0n) is 14.3. The highest BCUT2D eigenvalue weighted by Crippen LogP contribution is 2.24. The first-order valence-corrected chi connectivity index (χ1v) is 9.63. The number of carbonyl (C=O) groups is 1. The van der Waals surface area contributed by atoms with E-state index < -0.39 is 0 Å². The summed E-state index contributed by atoms with van der Waals surface area (Å²) in [6, 6.07) is 15.0. The van der Waals surface area contributed by atoms with Crippen molar-refractivity contribution in [1.82, 2.24) is 25.1 Å². The van der Waals surface area contributed by atoms with Gasteiger partial charge in [0.25, 0.3) is 5.91 Å². The molecule has 1 amide bonds. The third-order valence-electron chi connectivity index (χ3n) is 4.47. The molecule has 1 aromatic heterocycles. The molecule has 2 aromatic carbocycles. The molecule has 0 atom stereocenters. The average molecular weight is 448 g/mol. The van der Waals surface area contributed by atoms with Crippen molar-refractivity contribution in [3.8, 4) is 5.69 Å². The van der Waals surface area contributed by atoms with Gasteiger partial charge in [-0.2, -0.15) is 4.68 Å². The number of rotatable bonds is 3. The molecule has 1 saturated heterocycles. The van der Waals surface area contributed by atoms with Crippen molar-refractivity contribution in [2.75, 3.05) is 31.1 Å². The van der Waals surface area contributed by atoms with E-state index in [0.29, 0.717) is 42.7 Å². The maximum absolute atomic E-state index is 12.8. The van der Waals surface area contributed by atoms with E-state index >= 15 is 0 Å². The van der Waals surface area contributed by atoms with Gasteiger partial charge in [-0.25, -0.2) is 0 Å². The van der Waals surface area contributed by atoms with Gasteiger partial charge in [0.1, 0.15) is 0 Å². The molecular weight excluding hydrogens is 432 g/mol. The van der Waals surface area contributed by atoms with Crippen LogP contribution in [0, 0.1) is 0 Å². The Kier molecular flexibility index (Phi) is 5.09. The fourth-order valence-electron chi connectivity index (χ4n) is 3.06. The summed E-state index contributed by atoms with van der Waals surface area (Å²) in [7, 11) is 0. The van der Waals surface area contributed by atoms with E-state index in [2.05, 4.69) is 36.4 Å². The third kappa shape index (κ3) is 3.68. The van der Waals surface area contributed by atoms with Gasteiger partial charge in [-0.3, -0.25) is 4.79 Å². The fourth-order valence-corrected chi connectivity index (χ4v) is 3.81. The molecule has 0 saturated carbocycles. The Bertz CT molecular complexity index is 955. The maximum atomic E-state index is 12.8. The molecule has 4 rings (SSSR count). The SMILES string of the molecule is O=C(c1ccc(Br)cc1Cl)N1CCN(c2nnnn2-c2ccccc2)CC1. The van der Waals surface area contributed by atoms with Crippen molar-refractivity contribution < 1.29 is 4.79 Å². The average Bonchev–Trinajstić information content (AvgIpc) is 3.18. The lowest BCUT2D eigenvalue weighted by atomic mass is 10.2. The molecule has 0 aliphatic carbocycles. The lowest BCUT2D eigenvalue weighted by Crippen LogP contribution is -2.49. The second-order valence-electron chi connectivity index (χ2n) is 6.13. The molecule has 1 fully saturated rings. The number of nitrogens with zero attached hydrogens (tertiary/aromatic N) is 6. The van der Waals surface area contributed by atoms with Crippen molar-refractivity contribution in [2.45, 2.75) is 0 Å². The van der Waals surface area contributed by atoms with Gasteiger partial charge in [-0.1, -0.05) is 50.8 Å². The van der Waals surface area contributed by atoms with Gasteiger partial charge < -0.3 is 9.80 Å². The first-order chi connectivity index (χ1) is 13.1. The van der Waals surface area contributed by atoms with Gasteiger partial charge in [0.2, 0.25) is 5.95 Å². The topological polar surface area (TPSA) is 67.2 Å². The Morgan fingerprint density at radius 3 is 2.48 bits per heavy atom. The largest absolute Gasteiger partial charge is 0.336 e. The number of piperazine rings is 1. The number of anilines is 1. The second-order valence-corrected chi connectivity index (χ2v) is 7.45. The summed E-state index contributed by atoms with van der Waals surface area (Å²) in [6.07, 6.45) is 0. The molecule has 0 radical (unpaired) electrons. The fraction of sp³-hybridized carbons (Fsp3) is 0.222. The summed E-state index contributed by atoms with van der Waals surface area (Å²) in [5, 5.41) is 12.5. The minimum Gasteiger partial charge on any atom is -0.336 e. The highest BCUT2D eigenvalue weighted by atomic mass is 79.9. The summed E-state index contributed by atoms with van der Waals surface area (Å²) in [5.41, 5.74) is 1.42. The van der Waals surface area contributed by atoms with Crippen LogP contribution >= 0.6 is 27.5 Å². The van der Waals surface area contributed by atoms with Gasteiger partial charge in [-0.15, -0.1) is 0 Å². The molecule has 0 bridgehead atoms. The van der Waals surface area contributed by atoms with Crippen LogP contribution in [-0.4, -0.2) is 57.2 Å². The van der Waals surface area contributed by atoms with E-state index in [4.69, 9.17) is 11.6 Å². The predicted octanol–water partition coefficient (Wildman–Crippen LogP) is 3.04. The Hall–Kier alpha value is -2.45. The molecule has 0 spiro atoms. The number of carbonyl (C=O) groups excluding carboxylic acids is 1. The smallest absolute Gasteiger partial charge is 0.255 e. The first kappa shape index (κ1) is 17.9. The zero-order chi connectivity index (χ0) is 18.8. The Balaban J connectivity index is 1.47. The highest BCUT2D eigenvalue weighted by Gasteiger charge is 2.26. The van der Waals surface area contributed by atoms with Crippen molar-refractivity contribution >= 4 is 39.4 Å². The summed E-state index contributed by atoms with van der Waals surface area (Å²) < 4.78 is 2.56. The molecule has 1 aliphatic rings. The van der Waals surface area contributed by atoms with E-state index in [0.717, 1.165) is 10.2 Å². The van der Waals surface area contributed by atoms with Crippen molar-refractivity contribution in [1.29, 1.82) is 0 Å². The maximum Gasteiger partial charge on any atom is 0.255 e. The first-order valence-electron chi connectivity index (χ1n) is 8.46. The Labute approximate surface area is 169 Å². The van der Waals surface area contributed by atoms with Crippen LogP contribution < -0.4 is 4.90 Å². The summed E-state index contributed by atoms with van der Waals surface area (Å²) in [5.74, 6) is 0.616. The number of halogens is 2. The highest BCUT2D eigenvalue weighted by molar-refractivity contribution is 9.10. The zero-order valence-corrected chi connectivity index (χ0v) is 16.6. The van der Waals surface area contributed by atoms with E-state index in [1.807, 2.05) is 41.3 Å².